The summed E-state index contributed by atoms with van der Waals surface area (Å²) in [6, 6.07) is 7.20. The van der Waals surface area contributed by atoms with Crippen molar-refractivity contribution in [3.8, 4) is 0 Å². The lowest BCUT2D eigenvalue weighted by molar-refractivity contribution is 0.102. The van der Waals surface area contributed by atoms with Gasteiger partial charge in [-0.1, -0.05) is 6.07 Å². The van der Waals surface area contributed by atoms with E-state index in [4.69, 9.17) is 0 Å². The predicted octanol–water partition coefficient (Wildman–Crippen LogP) is 2.16. The van der Waals surface area contributed by atoms with Crippen LogP contribution in [-0.4, -0.2) is 24.4 Å². The monoisotopic (exact) mass is 273 g/mol. The van der Waals surface area contributed by atoms with Crippen molar-refractivity contribution in [1.82, 2.24) is 18.5 Å². The van der Waals surface area contributed by atoms with Crippen LogP contribution in [0, 0.1) is 0 Å². The highest BCUT2D eigenvalue weighted by molar-refractivity contribution is 7.00. The summed E-state index contributed by atoms with van der Waals surface area (Å²) in [6.45, 7) is 2.70. The van der Waals surface area contributed by atoms with E-state index in [9.17, 15) is 4.79 Å². The lowest BCUT2D eigenvalue weighted by Crippen LogP contribution is -2.13. The van der Waals surface area contributed by atoms with Gasteiger partial charge >= 0.3 is 0 Å². The first-order valence-corrected chi connectivity index (χ1v) is 6.57. The highest BCUT2D eigenvalue weighted by Gasteiger charge is 2.12. The number of hydrogen-bond donors (Lipinski definition) is 1. The Morgan fingerprint density at radius 1 is 1.37 bits per heavy atom. The molecule has 2 aromatic heterocycles. The van der Waals surface area contributed by atoms with Crippen LogP contribution >= 0.6 is 11.7 Å². The Hall–Kier alpha value is -2.28. The lowest BCUT2D eigenvalue weighted by Gasteiger charge is -2.03. The van der Waals surface area contributed by atoms with Gasteiger partial charge in [-0.15, -0.1) is 0 Å². The van der Waals surface area contributed by atoms with Crippen molar-refractivity contribution in [2.24, 2.45) is 0 Å². The SMILES string of the molecule is CCn1ccc(C(=O)Nc2cccc3nsnc23)n1. The van der Waals surface area contributed by atoms with Crippen LogP contribution in [0.5, 0.6) is 0 Å². The van der Waals surface area contributed by atoms with Crippen molar-refractivity contribution in [1.29, 1.82) is 0 Å². The van der Waals surface area contributed by atoms with Gasteiger partial charge in [0.1, 0.15) is 11.0 Å². The molecule has 0 bridgehead atoms. The minimum Gasteiger partial charge on any atom is -0.319 e. The number of amides is 1. The number of benzene rings is 1. The van der Waals surface area contributed by atoms with E-state index < -0.39 is 0 Å². The van der Waals surface area contributed by atoms with E-state index in [1.54, 1.807) is 23.0 Å². The van der Waals surface area contributed by atoms with Gasteiger partial charge < -0.3 is 5.32 Å². The molecule has 0 fully saturated rings. The smallest absolute Gasteiger partial charge is 0.276 e. The van der Waals surface area contributed by atoms with E-state index in [0.717, 1.165) is 23.8 Å². The number of carbonyl (C=O) groups is 1. The molecule has 3 aromatic rings. The van der Waals surface area contributed by atoms with Crippen LogP contribution in [0.15, 0.2) is 30.5 Å². The first kappa shape index (κ1) is 11.8. The van der Waals surface area contributed by atoms with Crippen molar-refractivity contribution in [2.75, 3.05) is 5.32 Å². The number of anilines is 1. The van der Waals surface area contributed by atoms with E-state index in [2.05, 4.69) is 19.2 Å². The molecule has 0 aliphatic heterocycles. The molecule has 0 atom stereocenters. The second-order valence-electron chi connectivity index (χ2n) is 3.95. The van der Waals surface area contributed by atoms with Crippen LogP contribution < -0.4 is 5.32 Å². The topological polar surface area (TPSA) is 72.7 Å². The third-order valence-corrected chi connectivity index (χ3v) is 3.27. The zero-order chi connectivity index (χ0) is 13.2. The third-order valence-electron chi connectivity index (χ3n) is 2.73. The molecule has 1 aromatic carbocycles. The second kappa shape index (κ2) is 4.77. The number of nitrogens with zero attached hydrogens (tertiary/aromatic N) is 4. The summed E-state index contributed by atoms with van der Waals surface area (Å²) in [7, 11) is 0. The molecule has 0 unspecified atom stereocenters. The van der Waals surface area contributed by atoms with Crippen LogP contribution in [0.2, 0.25) is 0 Å². The van der Waals surface area contributed by atoms with Gasteiger partial charge in [-0.25, -0.2) is 0 Å². The zero-order valence-corrected chi connectivity index (χ0v) is 11.0. The Kier molecular flexibility index (Phi) is 2.96. The number of aryl methyl sites for hydroxylation is 1. The Morgan fingerprint density at radius 2 is 2.26 bits per heavy atom. The number of aromatic nitrogens is 4. The highest BCUT2D eigenvalue weighted by Crippen LogP contribution is 2.21. The van der Waals surface area contributed by atoms with Crippen molar-refractivity contribution >= 4 is 34.4 Å². The van der Waals surface area contributed by atoms with Crippen LogP contribution in [0.1, 0.15) is 17.4 Å². The number of rotatable bonds is 3. The van der Waals surface area contributed by atoms with Crippen molar-refractivity contribution in [3.05, 3.63) is 36.2 Å². The fourth-order valence-corrected chi connectivity index (χ4v) is 2.30. The van der Waals surface area contributed by atoms with Crippen molar-refractivity contribution < 1.29 is 4.79 Å². The van der Waals surface area contributed by atoms with Crippen LogP contribution in [0.25, 0.3) is 11.0 Å². The molecular formula is C12H11N5OS. The molecule has 3 rings (SSSR count). The molecule has 1 amide bonds. The molecule has 1 N–H and O–H groups in total. The summed E-state index contributed by atoms with van der Waals surface area (Å²) in [6.07, 6.45) is 1.78. The largest absolute Gasteiger partial charge is 0.319 e. The normalized spacial score (nSPS) is 10.8. The second-order valence-corrected chi connectivity index (χ2v) is 4.48. The molecule has 0 aliphatic carbocycles. The molecule has 0 saturated carbocycles. The molecule has 0 saturated heterocycles. The average Bonchev–Trinajstić information content (AvgIpc) is 3.08. The van der Waals surface area contributed by atoms with E-state index in [1.807, 2.05) is 19.1 Å². The summed E-state index contributed by atoms with van der Waals surface area (Å²) < 4.78 is 10.0. The van der Waals surface area contributed by atoms with E-state index >= 15 is 0 Å². The quantitative estimate of drug-likeness (QED) is 0.793. The molecule has 0 radical (unpaired) electrons. The predicted molar refractivity (Wildman–Crippen MR) is 73.3 cm³/mol. The number of fused-ring (bicyclic) bond motifs is 1. The Balaban J connectivity index is 1.88. The highest BCUT2D eigenvalue weighted by atomic mass is 32.1. The summed E-state index contributed by atoms with van der Waals surface area (Å²) in [5.41, 5.74) is 2.53. The standard InChI is InChI=1S/C12H11N5OS/c1-2-17-7-6-10(14-17)12(18)13-8-4-3-5-9-11(8)16-19-15-9/h3-7H,2H2,1H3,(H,13,18). The van der Waals surface area contributed by atoms with Crippen LogP contribution in [-0.2, 0) is 6.54 Å². The average molecular weight is 273 g/mol. The molecule has 0 aliphatic rings. The molecule has 0 spiro atoms. The van der Waals surface area contributed by atoms with E-state index in [0.29, 0.717) is 16.9 Å². The van der Waals surface area contributed by atoms with Crippen molar-refractivity contribution in [3.63, 3.8) is 0 Å². The van der Waals surface area contributed by atoms with Gasteiger partial charge in [0.2, 0.25) is 0 Å². The molecule has 2 heterocycles. The Morgan fingerprint density at radius 3 is 3.05 bits per heavy atom. The number of nitrogens with one attached hydrogen (secondary N) is 1. The van der Waals surface area contributed by atoms with Gasteiger partial charge in [0.05, 0.1) is 17.4 Å². The van der Waals surface area contributed by atoms with Gasteiger partial charge in [0.25, 0.3) is 5.91 Å². The first-order chi connectivity index (χ1) is 9.28. The van der Waals surface area contributed by atoms with Gasteiger partial charge in [0, 0.05) is 12.7 Å². The molecule has 7 heteroatoms. The minimum absolute atomic E-state index is 0.243. The summed E-state index contributed by atoms with van der Waals surface area (Å²) in [4.78, 5) is 12.1. The molecule has 19 heavy (non-hydrogen) atoms. The number of hydrogen-bond acceptors (Lipinski definition) is 5. The maximum atomic E-state index is 12.1. The maximum absolute atomic E-state index is 12.1. The van der Waals surface area contributed by atoms with Crippen molar-refractivity contribution in [2.45, 2.75) is 13.5 Å². The molecular weight excluding hydrogens is 262 g/mol. The third kappa shape index (κ3) is 2.19. The fraction of sp³-hybridized carbons (Fsp3) is 0.167. The van der Waals surface area contributed by atoms with Gasteiger partial charge in [-0.05, 0) is 25.1 Å². The zero-order valence-electron chi connectivity index (χ0n) is 10.2. The van der Waals surface area contributed by atoms with E-state index in [1.165, 1.54) is 0 Å². The Labute approximate surface area is 113 Å². The molecule has 96 valence electrons. The minimum atomic E-state index is -0.243. The number of carbonyl (C=O) groups excluding carboxylic acids is 1. The fourth-order valence-electron chi connectivity index (χ4n) is 1.75. The summed E-state index contributed by atoms with van der Waals surface area (Å²) in [5.74, 6) is -0.243. The Bertz CT molecular complexity index is 732. The lowest BCUT2D eigenvalue weighted by atomic mass is 10.2. The molecule has 6 nitrogen and oxygen atoms in total. The summed E-state index contributed by atoms with van der Waals surface area (Å²) in [5, 5.41) is 6.98. The maximum Gasteiger partial charge on any atom is 0.276 e. The van der Waals surface area contributed by atoms with Crippen LogP contribution in [0.3, 0.4) is 0 Å². The van der Waals surface area contributed by atoms with Gasteiger partial charge in [-0.3, -0.25) is 9.48 Å². The van der Waals surface area contributed by atoms with Gasteiger partial charge in [-0.2, -0.15) is 13.8 Å². The summed E-state index contributed by atoms with van der Waals surface area (Å²) >= 11 is 1.13. The van der Waals surface area contributed by atoms with E-state index in [-0.39, 0.29) is 5.91 Å². The van der Waals surface area contributed by atoms with Crippen LogP contribution in [0.4, 0.5) is 5.69 Å². The van der Waals surface area contributed by atoms with Gasteiger partial charge in [0.15, 0.2) is 5.69 Å². The first-order valence-electron chi connectivity index (χ1n) is 5.84.